The number of sulfone groups is 1. The summed E-state index contributed by atoms with van der Waals surface area (Å²) in [5.74, 6) is 1.23. The van der Waals surface area contributed by atoms with E-state index in [1.54, 1.807) is 36.8 Å². The summed E-state index contributed by atoms with van der Waals surface area (Å²) in [5, 5.41) is 5.15. The Hall–Kier alpha value is -3.76. The number of anilines is 1. The fourth-order valence-electron chi connectivity index (χ4n) is 3.90. The molecular weight excluding hydrogens is 494 g/mol. The molecule has 0 radical (unpaired) electrons. The van der Waals surface area contributed by atoms with Crippen molar-refractivity contribution in [1.29, 1.82) is 0 Å². The Morgan fingerprint density at radius 3 is 2.72 bits per heavy atom. The molecule has 5 aromatic rings. The van der Waals surface area contributed by atoms with Crippen molar-refractivity contribution in [3.05, 3.63) is 77.9 Å². The first-order valence-electron chi connectivity index (χ1n) is 11.4. The zero-order chi connectivity index (χ0) is 25.1. The van der Waals surface area contributed by atoms with Crippen LogP contribution < -0.4 is 10.1 Å². The third-order valence-electron chi connectivity index (χ3n) is 5.76. The van der Waals surface area contributed by atoms with Crippen LogP contribution in [0.15, 0.2) is 77.3 Å². The first-order valence-corrected chi connectivity index (χ1v) is 13.9. The van der Waals surface area contributed by atoms with E-state index in [9.17, 15) is 8.42 Å². The van der Waals surface area contributed by atoms with E-state index >= 15 is 0 Å². The van der Waals surface area contributed by atoms with Crippen LogP contribution in [-0.2, 0) is 9.84 Å². The molecule has 1 N–H and O–H groups in total. The molecule has 10 heteroatoms. The Morgan fingerprint density at radius 1 is 1.08 bits per heavy atom. The normalized spacial score (nSPS) is 11.6. The van der Waals surface area contributed by atoms with Gasteiger partial charge in [-0.25, -0.2) is 23.4 Å². The molecule has 3 aromatic heterocycles. The number of nitrogens with one attached hydrogen (secondary N) is 1. The molecule has 0 saturated heterocycles. The van der Waals surface area contributed by atoms with Gasteiger partial charge >= 0.3 is 0 Å². The summed E-state index contributed by atoms with van der Waals surface area (Å²) in [6.07, 6.45) is 4.09. The van der Waals surface area contributed by atoms with Crippen molar-refractivity contribution >= 4 is 32.1 Å². The van der Waals surface area contributed by atoms with Gasteiger partial charge in [0.05, 0.1) is 29.1 Å². The highest BCUT2D eigenvalue weighted by Gasteiger charge is 2.19. The van der Waals surface area contributed by atoms with Gasteiger partial charge < -0.3 is 10.1 Å². The molecule has 0 spiro atoms. The highest BCUT2D eigenvalue weighted by Crippen LogP contribution is 2.34. The molecule has 5 rings (SSSR count). The summed E-state index contributed by atoms with van der Waals surface area (Å²) in [5.41, 5.74) is 4.32. The molecule has 0 fully saturated rings. The molecule has 0 aliphatic carbocycles. The van der Waals surface area contributed by atoms with Gasteiger partial charge in [0.1, 0.15) is 11.4 Å². The largest absolute Gasteiger partial charge is 0.497 e. The van der Waals surface area contributed by atoms with Crippen molar-refractivity contribution in [3.8, 4) is 28.4 Å². The van der Waals surface area contributed by atoms with Crippen LogP contribution in [0, 0.1) is 6.92 Å². The molecule has 2 aromatic carbocycles. The quantitative estimate of drug-likeness (QED) is 0.270. The van der Waals surface area contributed by atoms with Gasteiger partial charge in [0.15, 0.2) is 14.8 Å². The number of ether oxygens (including phenoxy) is 1. The maximum absolute atomic E-state index is 12.6. The topological polar surface area (TPSA) is 98.5 Å². The van der Waals surface area contributed by atoms with Crippen molar-refractivity contribution in [1.82, 2.24) is 19.4 Å². The molecule has 0 atom stereocenters. The number of fused-ring (bicyclic) bond motifs is 1. The minimum atomic E-state index is -3.34. The van der Waals surface area contributed by atoms with E-state index in [-0.39, 0.29) is 5.75 Å². The Balaban J connectivity index is 1.35. The van der Waals surface area contributed by atoms with Crippen LogP contribution in [0.5, 0.6) is 5.75 Å². The summed E-state index contributed by atoms with van der Waals surface area (Å²) in [6, 6.07) is 16.5. The van der Waals surface area contributed by atoms with E-state index in [4.69, 9.17) is 14.7 Å². The number of rotatable bonds is 9. The van der Waals surface area contributed by atoms with E-state index < -0.39 is 9.84 Å². The van der Waals surface area contributed by atoms with Crippen LogP contribution in [0.1, 0.15) is 12.0 Å². The van der Waals surface area contributed by atoms with Gasteiger partial charge in [0.25, 0.3) is 0 Å². The average Bonchev–Trinajstić information content (AvgIpc) is 3.49. The smallest absolute Gasteiger partial charge is 0.223 e. The van der Waals surface area contributed by atoms with Crippen molar-refractivity contribution in [2.75, 3.05) is 24.7 Å². The van der Waals surface area contributed by atoms with E-state index in [2.05, 4.69) is 10.3 Å². The van der Waals surface area contributed by atoms with Crippen LogP contribution in [0.2, 0.25) is 0 Å². The number of thiazole rings is 1. The second-order valence-corrected chi connectivity index (χ2v) is 11.3. The third kappa shape index (κ3) is 4.95. The van der Waals surface area contributed by atoms with Gasteiger partial charge in [-0.15, -0.1) is 11.3 Å². The summed E-state index contributed by atoms with van der Waals surface area (Å²) < 4.78 is 32.6. The number of hydrogen-bond acceptors (Lipinski definition) is 8. The predicted octanol–water partition coefficient (Wildman–Crippen LogP) is 5.11. The molecule has 8 nitrogen and oxygen atoms in total. The maximum atomic E-state index is 12.6. The van der Waals surface area contributed by atoms with Crippen LogP contribution in [0.3, 0.4) is 0 Å². The van der Waals surface area contributed by atoms with E-state index in [1.165, 1.54) is 0 Å². The summed E-state index contributed by atoms with van der Waals surface area (Å²) in [4.78, 5) is 15.1. The number of methoxy groups -OCH3 is 1. The van der Waals surface area contributed by atoms with Crippen LogP contribution in [-0.4, -0.2) is 47.2 Å². The van der Waals surface area contributed by atoms with Crippen LogP contribution in [0.4, 0.5) is 5.95 Å². The molecule has 3 heterocycles. The highest BCUT2D eigenvalue weighted by molar-refractivity contribution is 7.91. The molecule has 0 aliphatic heterocycles. The highest BCUT2D eigenvalue weighted by atomic mass is 32.2. The molecule has 0 amide bonds. The Bertz CT molecular complexity index is 1610. The minimum absolute atomic E-state index is 0.0425. The molecule has 0 unspecified atom stereocenters. The van der Waals surface area contributed by atoms with E-state index in [1.807, 2.05) is 65.4 Å². The van der Waals surface area contributed by atoms with Gasteiger partial charge in [-0.3, -0.25) is 4.40 Å². The van der Waals surface area contributed by atoms with Crippen molar-refractivity contribution in [2.24, 2.45) is 0 Å². The monoisotopic (exact) mass is 519 g/mol. The molecule has 36 heavy (non-hydrogen) atoms. The number of imidazole rings is 1. The van der Waals surface area contributed by atoms with Gasteiger partial charge in [0.2, 0.25) is 5.95 Å². The molecule has 0 bridgehead atoms. The first kappa shape index (κ1) is 24.0. The van der Waals surface area contributed by atoms with Gasteiger partial charge in [-0.1, -0.05) is 29.8 Å². The number of nitrogens with zero attached hydrogens (tertiary/aromatic N) is 4. The average molecular weight is 520 g/mol. The summed E-state index contributed by atoms with van der Waals surface area (Å²) >= 11 is 1.55. The number of benzene rings is 2. The molecular formula is C26H25N5O3S2. The summed E-state index contributed by atoms with van der Waals surface area (Å²) in [6.45, 7) is 2.36. The second-order valence-electron chi connectivity index (χ2n) is 8.27. The van der Waals surface area contributed by atoms with Gasteiger partial charge in [0, 0.05) is 29.9 Å². The van der Waals surface area contributed by atoms with Crippen LogP contribution in [0.25, 0.3) is 27.6 Å². The molecule has 0 aliphatic rings. The van der Waals surface area contributed by atoms with Crippen molar-refractivity contribution < 1.29 is 13.2 Å². The molecule has 0 saturated carbocycles. The third-order valence-corrected chi connectivity index (χ3v) is 8.33. The zero-order valence-corrected chi connectivity index (χ0v) is 21.5. The minimum Gasteiger partial charge on any atom is -0.497 e. The molecule has 184 valence electrons. The number of aryl methyl sites for hydroxylation is 1. The van der Waals surface area contributed by atoms with Crippen molar-refractivity contribution in [2.45, 2.75) is 18.2 Å². The number of hydrogen-bond donors (Lipinski definition) is 1. The first-order chi connectivity index (χ1) is 17.4. The van der Waals surface area contributed by atoms with E-state index in [0.717, 1.165) is 33.2 Å². The Kier molecular flexibility index (Phi) is 6.71. The number of aromatic nitrogens is 4. The Labute approximate surface area is 213 Å². The fraction of sp³-hybridized carbons (Fsp3) is 0.192. The summed E-state index contributed by atoms with van der Waals surface area (Å²) in [7, 11) is -1.70. The standard InChI is InChI=1S/C26H25N5O3S2/c1-18-7-9-21(10-8-18)36(32,33)16-4-12-27-25-28-13-11-22(29-25)24-23(30-26-31(24)14-15-35-26)19-5-3-6-20(17-19)34-2/h3,5-11,13-15,17H,4,12,16H2,1-2H3,(H,27,28,29). The maximum Gasteiger partial charge on any atom is 0.223 e. The lowest BCUT2D eigenvalue weighted by atomic mass is 10.1. The second kappa shape index (κ2) is 10.1. The van der Waals surface area contributed by atoms with Crippen LogP contribution >= 0.6 is 11.3 Å². The van der Waals surface area contributed by atoms with Crippen molar-refractivity contribution in [3.63, 3.8) is 0 Å². The lowest BCUT2D eigenvalue weighted by molar-refractivity contribution is 0.415. The lowest BCUT2D eigenvalue weighted by Gasteiger charge is -2.09. The zero-order valence-electron chi connectivity index (χ0n) is 19.9. The van der Waals surface area contributed by atoms with E-state index in [0.29, 0.717) is 29.5 Å². The van der Waals surface area contributed by atoms with Gasteiger partial charge in [-0.2, -0.15) is 0 Å². The van der Waals surface area contributed by atoms with Gasteiger partial charge in [-0.05, 0) is 43.7 Å². The Morgan fingerprint density at radius 2 is 1.92 bits per heavy atom. The fourth-order valence-corrected chi connectivity index (χ4v) is 5.93. The lowest BCUT2D eigenvalue weighted by Crippen LogP contribution is -2.13. The predicted molar refractivity (Wildman–Crippen MR) is 142 cm³/mol. The SMILES string of the molecule is COc1cccc(-c2nc3sccn3c2-c2ccnc(NCCCS(=O)(=O)c3ccc(C)cc3)n2)c1.